The Hall–Kier alpha value is -1.35. The van der Waals surface area contributed by atoms with Crippen LogP contribution in [-0.2, 0) is 6.42 Å². The monoisotopic (exact) mass is 244 g/mol. The number of amides is 1. The molecule has 18 heavy (non-hydrogen) atoms. The molecule has 0 aromatic heterocycles. The zero-order chi connectivity index (χ0) is 12.5. The zero-order valence-corrected chi connectivity index (χ0v) is 10.8. The van der Waals surface area contributed by atoms with E-state index in [9.17, 15) is 4.79 Å². The van der Waals surface area contributed by atoms with Gasteiger partial charge >= 0.3 is 0 Å². The Morgan fingerprint density at radius 1 is 1.39 bits per heavy atom. The first-order valence-electron chi connectivity index (χ1n) is 6.88. The third kappa shape index (κ3) is 2.15. The molecule has 0 saturated heterocycles. The minimum atomic E-state index is 0.0926. The molecule has 3 nitrogen and oxygen atoms in total. The van der Waals surface area contributed by atoms with Gasteiger partial charge in [-0.3, -0.25) is 4.79 Å². The van der Waals surface area contributed by atoms with Gasteiger partial charge in [-0.05, 0) is 55.8 Å². The summed E-state index contributed by atoms with van der Waals surface area (Å²) in [4.78, 5) is 12.0. The molecule has 1 saturated carbocycles. The van der Waals surface area contributed by atoms with E-state index in [0.717, 1.165) is 30.9 Å². The second-order valence-electron chi connectivity index (χ2n) is 5.38. The SMILES string of the molecule is CNC(c1ccc2c(c1)C(=O)NCCC2)C1CC1. The van der Waals surface area contributed by atoms with Crippen LogP contribution in [0.5, 0.6) is 0 Å². The van der Waals surface area contributed by atoms with Gasteiger partial charge < -0.3 is 10.6 Å². The molecule has 3 heteroatoms. The number of fused-ring (bicyclic) bond motifs is 1. The van der Waals surface area contributed by atoms with Gasteiger partial charge in [-0.15, -0.1) is 0 Å². The van der Waals surface area contributed by atoms with Crippen molar-refractivity contribution < 1.29 is 4.79 Å². The standard InChI is InChI=1S/C15H20N2O/c1-16-14(11-5-6-11)12-7-4-10-3-2-8-17-15(18)13(10)9-12/h4,7,9,11,14,16H,2-3,5-6,8H2,1H3,(H,17,18). The van der Waals surface area contributed by atoms with E-state index in [1.165, 1.54) is 24.0 Å². The number of nitrogens with one attached hydrogen (secondary N) is 2. The second-order valence-corrected chi connectivity index (χ2v) is 5.38. The molecule has 96 valence electrons. The van der Waals surface area contributed by atoms with Crippen LogP contribution >= 0.6 is 0 Å². The maximum Gasteiger partial charge on any atom is 0.251 e. The van der Waals surface area contributed by atoms with E-state index in [1.54, 1.807) is 0 Å². The summed E-state index contributed by atoms with van der Waals surface area (Å²) in [7, 11) is 2.01. The van der Waals surface area contributed by atoms with Crippen molar-refractivity contribution in [3.05, 3.63) is 34.9 Å². The highest BCUT2D eigenvalue weighted by Gasteiger charge is 2.31. The van der Waals surface area contributed by atoms with E-state index in [4.69, 9.17) is 0 Å². The smallest absolute Gasteiger partial charge is 0.251 e. The van der Waals surface area contributed by atoms with Crippen LogP contribution in [0.15, 0.2) is 18.2 Å². The lowest BCUT2D eigenvalue weighted by atomic mass is 9.95. The average molecular weight is 244 g/mol. The maximum absolute atomic E-state index is 12.0. The Morgan fingerprint density at radius 3 is 2.94 bits per heavy atom. The molecule has 1 aliphatic heterocycles. The lowest BCUT2D eigenvalue weighted by molar-refractivity contribution is 0.0956. The van der Waals surface area contributed by atoms with E-state index in [-0.39, 0.29) is 5.91 Å². The van der Waals surface area contributed by atoms with Gasteiger partial charge in [-0.25, -0.2) is 0 Å². The fourth-order valence-corrected chi connectivity index (χ4v) is 2.90. The van der Waals surface area contributed by atoms with Gasteiger partial charge in [-0.2, -0.15) is 0 Å². The van der Waals surface area contributed by atoms with Crippen molar-refractivity contribution in [3.8, 4) is 0 Å². The number of benzene rings is 1. The Kier molecular flexibility index (Phi) is 3.08. The number of carbonyl (C=O) groups excluding carboxylic acids is 1. The Bertz CT molecular complexity index is 466. The molecular formula is C15H20N2O. The molecular weight excluding hydrogens is 224 g/mol. The fourth-order valence-electron chi connectivity index (χ4n) is 2.90. The summed E-state index contributed by atoms with van der Waals surface area (Å²) in [6, 6.07) is 6.83. The van der Waals surface area contributed by atoms with Crippen LogP contribution < -0.4 is 10.6 Å². The van der Waals surface area contributed by atoms with Crippen molar-refractivity contribution in [1.82, 2.24) is 10.6 Å². The molecule has 2 aliphatic rings. The summed E-state index contributed by atoms with van der Waals surface area (Å²) >= 11 is 0. The molecule has 2 N–H and O–H groups in total. The lowest BCUT2D eigenvalue weighted by Gasteiger charge is -2.17. The predicted octanol–water partition coefficient (Wildman–Crippen LogP) is 2.03. The zero-order valence-electron chi connectivity index (χ0n) is 10.8. The molecule has 1 atom stereocenters. The van der Waals surface area contributed by atoms with Crippen molar-refractivity contribution in [3.63, 3.8) is 0 Å². The van der Waals surface area contributed by atoms with Crippen molar-refractivity contribution in [2.24, 2.45) is 5.92 Å². The van der Waals surface area contributed by atoms with Gasteiger partial charge in [0.25, 0.3) is 5.91 Å². The number of hydrogen-bond acceptors (Lipinski definition) is 2. The van der Waals surface area contributed by atoms with Crippen molar-refractivity contribution in [2.45, 2.75) is 31.7 Å². The quantitative estimate of drug-likeness (QED) is 0.854. The minimum Gasteiger partial charge on any atom is -0.352 e. The Balaban J connectivity index is 1.95. The predicted molar refractivity (Wildman–Crippen MR) is 71.6 cm³/mol. The Labute approximate surface area is 108 Å². The first-order valence-corrected chi connectivity index (χ1v) is 6.88. The van der Waals surface area contributed by atoms with Gasteiger partial charge in [0.05, 0.1) is 0 Å². The largest absolute Gasteiger partial charge is 0.352 e. The van der Waals surface area contributed by atoms with E-state index in [0.29, 0.717) is 6.04 Å². The number of carbonyl (C=O) groups is 1. The van der Waals surface area contributed by atoms with Gasteiger partial charge in [0.2, 0.25) is 0 Å². The molecule has 0 bridgehead atoms. The van der Waals surface area contributed by atoms with Crippen molar-refractivity contribution >= 4 is 5.91 Å². The highest BCUT2D eigenvalue weighted by atomic mass is 16.1. The van der Waals surface area contributed by atoms with E-state index >= 15 is 0 Å². The van der Waals surface area contributed by atoms with E-state index in [2.05, 4.69) is 28.8 Å². The van der Waals surface area contributed by atoms with Gasteiger partial charge in [0.15, 0.2) is 0 Å². The first kappa shape index (κ1) is 11.7. The summed E-state index contributed by atoms with van der Waals surface area (Å²) in [5, 5.41) is 6.36. The lowest BCUT2D eigenvalue weighted by Crippen LogP contribution is -2.23. The topological polar surface area (TPSA) is 41.1 Å². The van der Waals surface area contributed by atoms with Crippen LogP contribution in [0.1, 0.15) is 46.8 Å². The van der Waals surface area contributed by atoms with Crippen LogP contribution in [-0.4, -0.2) is 19.5 Å². The maximum atomic E-state index is 12.0. The highest BCUT2D eigenvalue weighted by molar-refractivity contribution is 5.96. The van der Waals surface area contributed by atoms with Crippen LogP contribution in [0.25, 0.3) is 0 Å². The van der Waals surface area contributed by atoms with Gasteiger partial charge in [0.1, 0.15) is 0 Å². The van der Waals surface area contributed by atoms with Crippen LogP contribution in [0.4, 0.5) is 0 Å². The molecule has 1 unspecified atom stereocenters. The fraction of sp³-hybridized carbons (Fsp3) is 0.533. The summed E-state index contributed by atoms with van der Waals surface area (Å²) < 4.78 is 0. The summed E-state index contributed by atoms with van der Waals surface area (Å²) in [6.45, 7) is 0.793. The summed E-state index contributed by atoms with van der Waals surface area (Å²) in [5.41, 5.74) is 3.33. The van der Waals surface area contributed by atoms with Gasteiger partial charge in [0, 0.05) is 18.2 Å². The van der Waals surface area contributed by atoms with Gasteiger partial charge in [-0.1, -0.05) is 12.1 Å². The molecule has 3 rings (SSSR count). The molecule has 0 radical (unpaired) electrons. The van der Waals surface area contributed by atoms with Crippen molar-refractivity contribution in [2.75, 3.05) is 13.6 Å². The van der Waals surface area contributed by atoms with E-state index < -0.39 is 0 Å². The van der Waals surface area contributed by atoms with Crippen LogP contribution in [0.3, 0.4) is 0 Å². The minimum absolute atomic E-state index is 0.0926. The van der Waals surface area contributed by atoms with E-state index in [1.807, 2.05) is 7.05 Å². The molecule has 1 aromatic carbocycles. The van der Waals surface area contributed by atoms with Crippen LogP contribution in [0.2, 0.25) is 0 Å². The summed E-state index contributed by atoms with van der Waals surface area (Å²) in [5.74, 6) is 0.844. The molecule has 1 fully saturated rings. The molecule has 1 amide bonds. The number of rotatable bonds is 3. The average Bonchev–Trinajstić information content (AvgIpc) is 3.20. The van der Waals surface area contributed by atoms with Crippen molar-refractivity contribution in [1.29, 1.82) is 0 Å². The van der Waals surface area contributed by atoms with Crippen LogP contribution in [0, 0.1) is 5.92 Å². The Morgan fingerprint density at radius 2 is 2.22 bits per heavy atom. The third-order valence-corrected chi connectivity index (χ3v) is 4.05. The molecule has 1 heterocycles. The second kappa shape index (κ2) is 4.73. The third-order valence-electron chi connectivity index (χ3n) is 4.05. The number of aryl methyl sites for hydroxylation is 1. The highest BCUT2D eigenvalue weighted by Crippen LogP contribution is 2.41. The normalized spacial score (nSPS) is 20.8. The molecule has 1 aromatic rings. The number of hydrogen-bond donors (Lipinski definition) is 2. The molecule has 1 aliphatic carbocycles. The summed E-state index contributed by atoms with van der Waals surface area (Å²) in [6.07, 6.45) is 4.64. The molecule has 0 spiro atoms. The first-order chi connectivity index (χ1) is 8.79.